The van der Waals surface area contributed by atoms with Crippen molar-refractivity contribution in [2.24, 2.45) is 0 Å². The highest BCUT2D eigenvalue weighted by Crippen LogP contribution is 2.41. The lowest BCUT2D eigenvalue weighted by Gasteiger charge is -2.19. The smallest absolute Gasteiger partial charge is 0.168 e. The van der Waals surface area contributed by atoms with Crippen LogP contribution in [0.15, 0.2) is 206 Å². The highest BCUT2D eigenvalue weighted by molar-refractivity contribution is 6.11. The highest BCUT2D eigenvalue weighted by atomic mass is 15.1. The molecule has 0 spiro atoms. The summed E-state index contributed by atoms with van der Waals surface area (Å²) >= 11 is 0. The lowest BCUT2D eigenvalue weighted by Crippen LogP contribution is -2.07. The molecule has 0 aliphatic rings. The van der Waals surface area contributed by atoms with Crippen LogP contribution in [-0.4, -0.2) is 24.1 Å². The maximum atomic E-state index is 5.31. The monoisotopic (exact) mass is 731 g/mol. The molecule has 0 fully saturated rings. The van der Waals surface area contributed by atoms with Gasteiger partial charge in [0.1, 0.15) is 0 Å². The minimum atomic E-state index is 0.604. The summed E-state index contributed by atoms with van der Waals surface area (Å²) in [6.07, 6.45) is 0. The number of fused-ring (bicyclic) bond motifs is 6. The van der Waals surface area contributed by atoms with Crippen LogP contribution in [0.1, 0.15) is 5.56 Å². The number of rotatable bonds is 5. The fourth-order valence-electron chi connectivity index (χ4n) is 7.95. The van der Waals surface area contributed by atoms with E-state index in [-0.39, 0.29) is 0 Å². The third kappa shape index (κ3) is 6.12. The lowest BCUT2D eigenvalue weighted by atomic mass is 10.1. The standard InChI is InChI=1S/C45H29N5.C7H8/c1-3-16-30(17-4-1)43-46-44(31-18-5-2-6-19-31)48-45(47-43)42-40(49-36-24-11-7-20-32(36)33-21-8-12-25-37(33)49)28-15-29-41(42)50-38-26-13-9-22-34(38)35-23-10-14-27-39(35)50;1-7-5-3-2-4-6-7/h1-29H;2-6H,1H3. The normalized spacial score (nSPS) is 11.2. The first kappa shape index (κ1) is 33.9. The van der Waals surface area contributed by atoms with Crippen LogP contribution in [0.25, 0.3) is 89.2 Å². The summed E-state index contributed by atoms with van der Waals surface area (Å²) in [6.45, 7) is 2.08. The summed E-state index contributed by atoms with van der Waals surface area (Å²) in [6, 6.07) is 71.6. The van der Waals surface area contributed by atoms with Crippen LogP contribution in [-0.2, 0) is 0 Å². The van der Waals surface area contributed by atoms with Gasteiger partial charge in [-0.05, 0) is 43.3 Å². The minimum Gasteiger partial charge on any atom is -0.308 e. The van der Waals surface area contributed by atoms with Crippen LogP contribution in [0.3, 0.4) is 0 Å². The number of nitrogens with zero attached hydrogens (tertiary/aromatic N) is 5. The van der Waals surface area contributed by atoms with Crippen molar-refractivity contribution in [2.45, 2.75) is 6.92 Å². The summed E-state index contributed by atoms with van der Waals surface area (Å²) in [7, 11) is 0. The second-order valence-corrected chi connectivity index (χ2v) is 14.1. The molecule has 0 atom stereocenters. The van der Waals surface area contributed by atoms with Crippen molar-refractivity contribution >= 4 is 43.6 Å². The molecule has 5 heteroatoms. The second kappa shape index (κ2) is 14.5. The van der Waals surface area contributed by atoms with Gasteiger partial charge in [-0.3, -0.25) is 0 Å². The minimum absolute atomic E-state index is 0.604. The number of para-hydroxylation sites is 4. The first-order valence-electron chi connectivity index (χ1n) is 19.2. The molecule has 5 nitrogen and oxygen atoms in total. The predicted octanol–water partition coefficient (Wildman–Crippen LogP) is 13.1. The molecule has 0 aliphatic carbocycles. The Morgan fingerprint density at radius 2 is 0.614 bits per heavy atom. The molecule has 0 amide bonds. The van der Waals surface area contributed by atoms with Gasteiger partial charge >= 0.3 is 0 Å². The Morgan fingerprint density at radius 1 is 0.298 bits per heavy atom. The Morgan fingerprint density at radius 3 is 0.965 bits per heavy atom. The molecule has 0 unspecified atom stereocenters. The van der Waals surface area contributed by atoms with Crippen molar-refractivity contribution in [2.75, 3.05) is 0 Å². The highest BCUT2D eigenvalue weighted by Gasteiger charge is 2.24. The van der Waals surface area contributed by atoms with E-state index in [1.165, 1.54) is 27.1 Å². The third-order valence-corrected chi connectivity index (χ3v) is 10.5. The maximum Gasteiger partial charge on any atom is 0.168 e. The first-order valence-corrected chi connectivity index (χ1v) is 19.2. The Hall–Kier alpha value is -7.63. The Labute approximate surface area is 330 Å². The molecule has 0 saturated heterocycles. The van der Waals surface area contributed by atoms with Crippen molar-refractivity contribution in [3.8, 4) is 45.5 Å². The van der Waals surface area contributed by atoms with Crippen LogP contribution < -0.4 is 0 Å². The van der Waals surface area contributed by atoms with Crippen molar-refractivity contribution in [3.63, 3.8) is 0 Å². The molecule has 270 valence electrons. The molecule has 3 heterocycles. The molecule has 8 aromatic carbocycles. The average molecular weight is 732 g/mol. The van der Waals surface area contributed by atoms with Gasteiger partial charge in [-0.25, -0.2) is 15.0 Å². The zero-order valence-electron chi connectivity index (χ0n) is 31.4. The van der Waals surface area contributed by atoms with Crippen molar-refractivity contribution in [1.82, 2.24) is 24.1 Å². The zero-order valence-corrected chi connectivity index (χ0v) is 31.4. The topological polar surface area (TPSA) is 48.5 Å². The maximum absolute atomic E-state index is 5.31. The van der Waals surface area contributed by atoms with Crippen molar-refractivity contribution in [1.29, 1.82) is 0 Å². The molecular formula is C52H37N5. The molecule has 0 radical (unpaired) electrons. The van der Waals surface area contributed by atoms with Crippen LogP contribution in [0.4, 0.5) is 0 Å². The van der Waals surface area contributed by atoms with E-state index in [0.29, 0.717) is 17.5 Å². The molecule has 0 aliphatic heterocycles. The van der Waals surface area contributed by atoms with Crippen LogP contribution in [0.2, 0.25) is 0 Å². The van der Waals surface area contributed by atoms with E-state index >= 15 is 0 Å². The van der Waals surface area contributed by atoms with Gasteiger partial charge in [0, 0.05) is 32.7 Å². The third-order valence-electron chi connectivity index (χ3n) is 10.5. The Kier molecular flexibility index (Phi) is 8.65. The molecule has 11 aromatic rings. The molecule has 3 aromatic heterocycles. The van der Waals surface area contributed by atoms with Crippen LogP contribution >= 0.6 is 0 Å². The molecule has 11 rings (SSSR count). The number of hydrogen-bond acceptors (Lipinski definition) is 3. The SMILES string of the molecule is Cc1ccccc1.c1ccc(-c2nc(-c3ccccc3)nc(-c3c(-n4c5ccccc5c5ccccc54)cccc3-n3c4ccccc4c4ccccc43)n2)cc1. The van der Waals surface area contributed by atoms with E-state index in [4.69, 9.17) is 15.0 Å². The fourth-order valence-corrected chi connectivity index (χ4v) is 7.95. The van der Waals surface area contributed by atoms with E-state index in [2.05, 4.69) is 168 Å². The van der Waals surface area contributed by atoms with Crippen LogP contribution in [0.5, 0.6) is 0 Å². The van der Waals surface area contributed by atoms with Crippen molar-refractivity contribution < 1.29 is 0 Å². The molecule has 0 bridgehead atoms. The molecule has 0 N–H and O–H groups in total. The van der Waals surface area contributed by atoms with E-state index < -0.39 is 0 Å². The summed E-state index contributed by atoms with van der Waals surface area (Å²) < 4.78 is 4.73. The fraction of sp³-hybridized carbons (Fsp3) is 0.0192. The number of aryl methyl sites for hydroxylation is 1. The Balaban J connectivity index is 0.000000514. The van der Waals surface area contributed by atoms with Crippen LogP contribution in [0, 0.1) is 6.92 Å². The van der Waals surface area contributed by atoms with E-state index in [1.807, 2.05) is 54.6 Å². The largest absolute Gasteiger partial charge is 0.308 e. The van der Waals surface area contributed by atoms with Gasteiger partial charge in [0.25, 0.3) is 0 Å². The Bertz CT molecular complexity index is 2890. The van der Waals surface area contributed by atoms with Gasteiger partial charge in [-0.1, -0.05) is 175 Å². The number of benzene rings is 8. The number of hydrogen-bond donors (Lipinski definition) is 0. The van der Waals surface area contributed by atoms with Crippen molar-refractivity contribution in [3.05, 3.63) is 212 Å². The van der Waals surface area contributed by atoms with Gasteiger partial charge in [-0.15, -0.1) is 0 Å². The molecular weight excluding hydrogens is 695 g/mol. The van der Waals surface area contributed by atoms with Gasteiger partial charge in [-0.2, -0.15) is 0 Å². The van der Waals surface area contributed by atoms with E-state index in [1.54, 1.807) is 0 Å². The van der Waals surface area contributed by atoms with Gasteiger partial charge < -0.3 is 9.13 Å². The molecule has 57 heavy (non-hydrogen) atoms. The second-order valence-electron chi connectivity index (χ2n) is 14.1. The van der Waals surface area contributed by atoms with E-state index in [9.17, 15) is 0 Å². The van der Waals surface area contributed by atoms with Gasteiger partial charge in [0.05, 0.1) is 39.0 Å². The van der Waals surface area contributed by atoms with Gasteiger partial charge in [0.2, 0.25) is 0 Å². The zero-order chi connectivity index (χ0) is 38.1. The predicted molar refractivity (Wildman–Crippen MR) is 236 cm³/mol. The first-order chi connectivity index (χ1) is 28.2. The quantitative estimate of drug-likeness (QED) is 0.177. The van der Waals surface area contributed by atoms with Gasteiger partial charge in [0.15, 0.2) is 17.5 Å². The summed E-state index contributed by atoms with van der Waals surface area (Å²) in [5.41, 5.74) is 10.6. The summed E-state index contributed by atoms with van der Waals surface area (Å²) in [5, 5.41) is 4.78. The van der Waals surface area contributed by atoms with E-state index in [0.717, 1.165) is 50.1 Å². The number of aromatic nitrogens is 5. The lowest BCUT2D eigenvalue weighted by molar-refractivity contribution is 1.05. The summed E-state index contributed by atoms with van der Waals surface area (Å²) in [5.74, 6) is 1.85. The summed E-state index contributed by atoms with van der Waals surface area (Å²) in [4.78, 5) is 15.7. The average Bonchev–Trinajstić information content (AvgIpc) is 3.80. The molecule has 0 saturated carbocycles.